The number of aromatic nitrogens is 2. The van der Waals surface area contributed by atoms with Gasteiger partial charge in [-0.3, -0.25) is 9.48 Å². The van der Waals surface area contributed by atoms with Crippen molar-refractivity contribution in [3.05, 3.63) is 17.0 Å². The Morgan fingerprint density at radius 3 is 2.93 bits per heavy atom. The molecule has 80 valence electrons. The maximum Gasteiger partial charge on any atom is 0.168 e. The molecule has 1 saturated carbocycles. The summed E-state index contributed by atoms with van der Waals surface area (Å²) in [5, 5.41) is 4.58. The number of likely N-dealkylation sites (N-methyl/N-ethyl adjacent to an activating group) is 1. The van der Waals surface area contributed by atoms with Gasteiger partial charge in [0.1, 0.15) is 5.69 Å². The van der Waals surface area contributed by atoms with Gasteiger partial charge in [-0.2, -0.15) is 5.10 Å². The van der Waals surface area contributed by atoms with E-state index in [0.29, 0.717) is 6.04 Å². The molecule has 1 aromatic rings. The minimum atomic E-state index is 0.501. The summed E-state index contributed by atoms with van der Waals surface area (Å²) >= 11 is 0. The first-order valence-electron chi connectivity index (χ1n) is 5.53. The molecule has 0 radical (unpaired) electrons. The van der Waals surface area contributed by atoms with Crippen molar-refractivity contribution >= 4 is 6.29 Å². The Labute approximate surface area is 88.9 Å². The Bertz CT molecular complexity index is 406. The number of carbonyl (C=O) groups is 1. The number of hydrogen-bond donors (Lipinski definition) is 0. The predicted octanol–water partition coefficient (Wildman–Crippen LogP) is 1.02. The van der Waals surface area contributed by atoms with Gasteiger partial charge in [-0.15, -0.1) is 0 Å². The summed E-state index contributed by atoms with van der Waals surface area (Å²) in [7, 11) is 2.09. The Hall–Kier alpha value is -1.16. The van der Waals surface area contributed by atoms with E-state index in [2.05, 4.69) is 17.0 Å². The Morgan fingerprint density at radius 1 is 1.47 bits per heavy atom. The molecule has 1 aliphatic heterocycles. The van der Waals surface area contributed by atoms with Crippen LogP contribution in [0.15, 0.2) is 0 Å². The van der Waals surface area contributed by atoms with Crippen molar-refractivity contribution in [3.63, 3.8) is 0 Å². The Morgan fingerprint density at radius 2 is 2.27 bits per heavy atom. The molecular weight excluding hydrogens is 190 g/mol. The summed E-state index contributed by atoms with van der Waals surface area (Å²) in [6.07, 6.45) is 4.31. The van der Waals surface area contributed by atoms with Crippen molar-refractivity contribution in [3.8, 4) is 0 Å². The molecule has 0 amide bonds. The molecule has 3 rings (SSSR count). The van der Waals surface area contributed by atoms with Gasteiger partial charge in [-0.05, 0) is 19.9 Å². The largest absolute Gasteiger partial charge is 0.302 e. The summed E-state index contributed by atoms with van der Waals surface area (Å²) in [6, 6.07) is 0.501. The molecule has 0 bridgehead atoms. The molecule has 15 heavy (non-hydrogen) atoms. The molecule has 2 aliphatic rings. The van der Waals surface area contributed by atoms with Crippen LogP contribution in [0.5, 0.6) is 0 Å². The number of hydrogen-bond acceptors (Lipinski definition) is 3. The molecule has 0 saturated heterocycles. The Balaban J connectivity index is 2.07. The standard InChI is InChI=1S/C11H15N3O/c1-13-5-4-10-9(6-13)11(7-15)14(12-10)8-2-3-8/h7-8H,2-6H2,1H3. The quantitative estimate of drug-likeness (QED) is 0.676. The molecule has 4 heteroatoms. The molecular formula is C11H15N3O. The first-order valence-corrected chi connectivity index (χ1v) is 5.53. The van der Waals surface area contributed by atoms with Crippen LogP contribution in [0.3, 0.4) is 0 Å². The minimum Gasteiger partial charge on any atom is -0.302 e. The molecule has 0 aromatic carbocycles. The van der Waals surface area contributed by atoms with Gasteiger partial charge in [0, 0.05) is 25.1 Å². The van der Waals surface area contributed by atoms with Crippen LogP contribution in [-0.4, -0.2) is 34.6 Å². The molecule has 1 fully saturated rings. The van der Waals surface area contributed by atoms with E-state index in [1.807, 2.05) is 4.68 Å². The topological polar surface area (TPSA) is 38.1 Å². The molecule has 1 aliphatic carbocycles. The van der Waals surface area contributed by atoms with Gasteiger partial charge in [0.15, 0.2) is 6.29 Å². The summed E-state index contributed by atoms with van der Waals surface area (Å²) in [4.78, 5) is 13.4. The fraction of sp³-hybridized carbons (Fsp3) is 0.636. The van der Waals surface area contributed by atoms with Gasteiger partial charge in [-0.25, -0.2) is 0 Å². The molecule has 1 aromatic heterocycles. The van der Waals surface area contributed by atoms with Crippen molar-refractivity contribution in [2.24, 2.45) is 0 Å². The van der Waals surface area contributed by atoms with Crippen LogP contribution in [0.4, 0.5) is 0 Å². The fourth-order valence-corrected chi connectivity index (χ4v) is 2.27. The second-order valence-electron chi connectivity index (χ2n) is 4.59. The van der Waals surface area contributed by atoms with Crippen LogP contribution in [0.1, 0.15) is 40.6 Å². The van der Waals surface area contributed by atoms with Gasteiger partial charge in [0.05, 0.1) is 11.7 Å². The monoisotopic (exact) mass is 205 g/mol. The third-order valence-corrected chi connectivity index (χ3v) is 3.30. The normalized spacial score (nSPS) is 21.4. The minimum absolute atomic E-state index is 0.501. The lowest BCUT2D eigenvalue weighted by molar-refractivity contribution is 0.111. The average Bonchev–Trinajstić information content (AvgIpc) is 3.00. The van der Waals surface area contributed by atoms with Gasteiger partial charge in [0.25, 0.3) is 0 Å². The number of aldehydes is 1. The van der Waals surface area contributed by atoms with Gasteiger partial charge in [0.2, 0.25) is 0 Å². The number of carbonyl (C=O) groups excluding carboxylic acids is 1. The van der Waals surface area contributed by atoms with Gasteiger partial charge >= 0.3 is 0 Å². The highest BCUT2D eigenvalue weighted by Gasteiger charge is 2.31. The van der Waals surface area contributed by atoms with Gasteiger partial charge in [-0.1, -0.05) is 0 Å². The van der Waals surface area contributed by atoms with Crippen LogP contribution < -0.4 is 0 Å². The second-order valence-corrected chi connectivity index (χ2v) is 4.59. The lowest BCUT2D eigenvalue weighted by atomic mass is 10.1. The zero-order valence-corrected chi connectivity index (χ0v) is 8.94. The van der Waals surface area contributed by atoms with E-state index in [9.17, 15) is 4.79 Å². The van der Waals surface area contributed by atoms with Crippen molar-refractivity contribution in [1.82, 2.24) is 14.7 Å². The summed E-state index contributed by atoms with van der Waals surface area (Å²) < 4.78 is 1.96. The van der Waals surface area contributed by atoms with E-state index in [1.54, 1.807) is 0 Å². The zero-order valence-electron chi connectivity index (χ0n) is 8.94. The van der Waals surface area contributed by atoms with E-state index in [-0.39, 0.29) is 0 Å². The molecule has 0 spiro atoms. The number of nitrogens with zero attached hydrogens (tertiary/aromatic N) is 3. The van der Waals surface area contributed by atoms with E-state index >= 15 is 0 Å². The van der Waals surface area contributed by atoms with Crippen LogP contribution in [0.2, 0.25) is 0 Å². The molecule has 0 atom stereocenters. The maximum absolute atomic E-state index is 11.1. The fourth-order valence-electron chi connectivity index (χ4n) is 2.27. The predicted molar refractivity (Wildman–Crippen MR) is 55.9 cm³/mol. The van der Waals surface area contributed by atoms with Crippen LogP contribution >= 0.6 is 0 Å². The highest BCUT2D eigenvalue weighted by Crippen LogP contribution is 2.37. The van der Waals surface area contributed by atoms with Crippen molar-refractivity contribution in [2.45, 2.75) is 31.8 Å². The smallest absolute Gasteiger partial charge is 0.168 e. The van der Waals surface area contributed by atoms with Crippen LogP contribution in [0, 0.1) is 0 Å². The zero-order chi connectivity index (χ0) is 10.4. The first kappa shape index (κ1) is 9.09. The van der Waals surface area contributed by atoms with Crippen LogP contribution in [0.25, 0.3) is 0 Å². The summed E-state index contributed by atoms with van der Waals surface area (Å²) in [5.41, 5.74) is 3.12. The van der Waals surface area contributed by atoms with Gasteiger partial charge < -0.3 is 4.90 Å². The van der Waals surface area contributed by atoms with Crippen LogP contribution in [-0.2, 0) is 13.0 Å². The maximum atomic E-state index is 11.1. The molecule has 0 N–H and O–H groups in total. The lowest BCUT2D eigenvalue weighted by Crippen LogP contribution is -2.26. The molecule has 0 unspecified atom stereocenters. The highest BCUT2D eigenvalue weighted by molar-refractivity contribution is 5.75. The van der Waals surface area contributed by atoms with Crippen molar-refractivity contribution in [2.75, 3.05) is 13.6 Å². The second kappa shape index (κ2) is 3.17. The van der Waals surface area contributed by atoms with Crippen molar-refractivity contribution < 1.29 is 4.79 Å². The van der Waals surface area contributed by atoms with E-state index < -0.39 is 0 Å². The van der Waals surface area contributed by atoms with E-state index in [0.717, 1.165) is 42.7 Å². The van der Waals surface area contributed by atoms with Crippen molar-refractivity contribution in [1.29, 1.82) is 0 Å². The highest BCUT2D eigenvalue weighted by atomic mass is 16.1. The lowest BCUT2D eigenvalue weighted by Gasteiger charge is -2.21. The molecule has 2 heterocycles. The summed E-state index contributed by atoms with van der Waals surface area (Å²) in [6.45, 7) is 1.92. The number of fused-ring (bicyclic) bond motifs is 1. The number of rotatable bonds is 2. The SMILES string of the molecule is CN1CCc2nn(C3CC3)c(C=O)c2C1. The third kappa shape index (κ3) is 1.40. The Kier molecular flexibility index (Phi) is 1.92. The van der Waals surface area contributed by atoms with E-state index in [4.69, 9.17) is 0 Å². The average molecular weight is 205 g/mol. The third-order valence-electron chi connectivity index (χ3n) is 3.30. The summed E-state index contributed by atoms with van der Waals surface area (Å²) in [5.74, 6) is 0. The van der Waals surface area contributed by atoms with E-state index in [1.165, 1.54) is 12.8 Å². The molecule has 4 nitrogen and oxygen atoms in total. The first-order chi connectivity index (χ1) is 7.29.